The number of hydrogen-bond acceptors (Lipinski definition) is 4. The van der Waals surface area contributed by atoms with Crippen molar-refractivity contribution in [2.45, 2.75) is 25.9 Å². The summed E-state index contributed by atoms with van der Waals surface area (Å²) < 4.78 is 5.08. The Hall–Kier alpha value is -1.10. The van der Waals surface area contributed by atoms with Crippen LogP contribution in [-0.4, -0.2) is 39.9 Å². The summed E-state index contributed by atoms with van der Waals surface area (Å²) in [6.07, 6.45) is 2.28. The van der Waals surface area contributed by atoms with Gasteiger partial charge in [-0.2, -0.15) is 0 Å². The standard InChI is InChI=1S/C16H25N3O/c1-20-10-2-6-17-11-13-3-4-14-12-18-7-9-19-8-5-15(13)16(14)19/h3-4,17-18H,2,5-12H2,1H3. The van der Waals surface area contributed by atoms with Crippen LogP contribution in [0, 0.1) is 0 Å². The van der Waals surface area contributed by atoms with Crippen LogP contribution in [-0.2, 0) is 24.2 Å². The van der Waals surface area contributed by atoms with Crippen molar-refractivity contribution >= 4 is 5.69 Å². The fraction of sp³-hybridized carbons (Fsp3) is 0.625. The van der Waals surface area contributed by atoms with Crippen LogP contribution in [0.4, 0.5) is 5.69 Å². The van der Waals surface area contributed by atoms with E-state index in [0.29, 0.717) is 0 Å². The minimum absolute atomic E-state index is 0.837. The van der Waals surface area contributed by atoms with E-state index in [-0.39, 0.29) is 0 Å². The molecule has 0 aromatic heterocycles. The number of nitrogens with one attached hydrogen (secondary N) is 2. The maximum absolute atomic E-state index is 5.08. The first-order chi connectivity index (χ1) is 9.90. The molecule has 2 aliphatic heterocycles. The molecule has 0 saturated heterocycles. The first-order valence-corrected chi connectivity index (χ1v) is 7.69. The van der Waals surface area contributed by atoms with E-state index < -0.39 is 0 Å². The van der Waals surface area contributed by atoms with E-state index in [2.05, 4.69) is 27.7 Å². The van der Waals surface area contributed by atoms with Gasteiger partial charge in [0.05, 0.1) is 0 Å². The number of anilines is 1. The number of rotatable bonds is 6. The van der Waals surface area contributed by atoms with Gasteiger partial charge in [0, 0.05) is 52.1 Å². The summed E-state index contributed by atoms with van der Waals surface area (Å²) in [5, 5.41) is 7.05. The molecule has 0 spiro atoms. The van der Waals surface area contributed by atoms with Crippen molar-refractivity contribution < 1.29 is 4.74 Å². The minimum Gasteiger partial charge on any atom is -0.385 e. The smallest absolute Gasteiger partial charge is 0.0474 e. The second-order valence-electron chi connectivity index (χ2n) is 5.65. The second kappa shape index (κ2) is 6.57. The highest BCUT2D eigenvalue weighted by atomic mass is 16.5. The van der Waals surface area contributed by atoms with Crippen molar-refractivity contribution in [3.05, 3.63) is 28.8 Å². The van der Waals surface area contributed by atoms with E-state index in [1.807, 2.05) is 0 Å². The lowest BCUT2D eigenvalue weighted by Crippen LogP contribution is -2.27. The molecule has 110 valence electrons. The summed E-state index contributed by atoms with van der Waals surface area (Å²) in [7, 11) is 1.76. The van der Waals surface area contributed by atoms with Crippen molar-refractivity contribution in [1.29, 1.82) is 0 Å². The summed E-state index contributed by atoms with van der Waals surface area (Å²) in [6.45, 7) is 7.28. The lowest BCUT2D eigenvalue weighted by molar-refractivity contribution is 0.194. The molecule has 4 nitrogen and oxygen atoms in total. The first-order valence-electron chi connectivity index (χ1n) is 7.69. The number of methoxy groups -OCH3 is 1. The van der Waals surface area contributed by atoms with Gasteiger partial charge in [-0.3, -0.25) is 0 Å². The van der Waals surface area contributed by atoms with Crippen molar-refractivity contribution in [2.24, 2.45) is 0 Å². The third kappa shape index (κ3) is 2.82. The van der Waals surface area contributed by atoms with Gasteiger partial charge in [0.1, 0.15) is 0 Å². The van der Waals surface area contributed by atoms with E-state index >= 15 is 0 Å². The van der Waals surface area contributed by atoms with Crippen LogP contribution >= 0.6 is 0 Å². The molecule has 0 radical (unpaired) electrons. The largest absolute Gasteiger partial charge is 0.385 e. The van der Waals surface area contributed by atoms with Gasteiger partial charge in [0.15, 0.2) is 0 Å². The van der Waals surface area contributed by atoms with Gasteiger partial charge in [-0.15, -0.1) is 0 Å². The monoisotopic (exact) mass is 275 g/mol. The zero-order chi connectivity index (χ0) is 13.8. The second-order valence-corrected chi connectivity index (χ2v) is 5.65. The molecule has 2 N–H and O–H groups in total. The quantitative estimate of drug-likeness (QED) is 0.767. The maximum atomic E-state index is 5.08. The predicted molar refractivity (Wildman–Crippen MR) is 82.3 cm³/mol. The summed E-state index contributed by atoms with van der Waals surface area (Å²) >= 11 is 0. The van der Waals surface area contributed by atoms with Gasteiger partial charge in [-0.05, 0) is 36.1 Å². The molecular weight excluding hydrogens is 250 g/mol. The Morgan fingerprint density at radius 2 is 2.30 bits per heavy atom. The molecule has 0 aliphatic carbocycles. The van der Waals surface area contributed by atoms with Gasteiger partial charge in [-0.1, -0.05) is 12.1 Å². The average Bonchev–Trinajstić information content (AvgIpc) is 2.78. The summed E-state index contributed by atoms with van der Waals surface area (Å²) in [6, 6.07) is 4.62. The van der Waals surface area contributed by atoms with Gasteiger partial charge >= 0.3 is 0 Å². The molecule has 3 rings (SSSR count). The van der Waals surface area contributed by atoms with Crippen LogP contribution in [0.25, 0.3) is 0 Å². The molecule has 2 heterocycles. The topological polar surface area (TPSA) is 36.5 Å². The maximum Gasteiger partial charge on any atom is 0.0474 e. The zero-order valence-corrected chi connectivity index (χ0v) is 12.4. The molecule has 20 heavy (non-hydrogen) atoms. The molecule has 0 amide bonds. The molecule has 0 bridgehead atoms. The Kier molecular flexibility index (Phi) is 4.55. The van der Waals surface area contributed by atoms with Crippen LogP contribution in [0.2, 0.25) is 0 Å². The SMILES string of the molecule is COCCCNCc1ccc2c3c1CCN3CCNC2. The highest BCUT2D eigenvalue weighted by molar-refractivity contribution is 5.66. The molecule has 4 heteroatoms. The number of nitrogens with zero attached hydrogens (tertiary/aromatic N) is 1. The Bertz CT molecular complexity index is 461. The summed E-state index contributed by atoms with van der Waals surface area (Å²) in [5.74, 6) is 0. The van der Waals surface area contributed by atoms with Gasteiger partial charge in [-0.25, -0.2) is 0 Å². The fourth-order valence-electron chi connectivity index (χ4n) is 3.29. The van der Waals surface area contributed by atoms with E-state index in [0.717, 1.165) is 45.8 Å². The van der Waals surface area contributed by atoms with E-state index in [1.54, 1.807) is 12.7 Å². The van der Waals surface area contributed by atoms with Crippen LogP contribution in [0.15, 0.2) is 12.1 Å². The Labute approximate surface area is 121 Å². The lowest BCUT2D eigenvalue weighted by atomic mass is 10.0. The molecular formula is C16H25N3O. The van der Waals surface area contributed by atoms with Crippen LogP contribution < -0.4 is 15.5 Å². The van der Waals surface area contributed by atoms with Crippen LogP contribution in [0.3, 0.4) is 0 Å². The highest BCUT2D eigenvalue weighted by Gasteiger charge is 2.25. The molecule has 2 aliphatic rings. The lowest BCUT2D eigenvalue weighted by Gasteiger charge is -2.19. The predicted octanol–water partition coefficient (Wildman–Crippen LogP) is 1.28. The van der Waals surface area contributed by atoms with Gasteiger partial charge < -0.3 is 20.3 Å². The normalized spacial score (nSPS) is 17.1. The highest BCUT2D eigenvalue weighted by Crippen LogP contribution is 2.35. The molecule has 0 atom stereocenters. The zero-order valence-electron chi connectivity index (χ0n) is 12.4. The molecule has 1 aromatic rings. The fourth-order valence-corrected chi connectivity index (χ4v) is 3.29. The van der Waals surface area contributed by atoms with Gasteiger partial charge in [0.2, 0.25) is 0 Å². The van der Waals surface area contributed by atoms with Gasteiger partial charge in [0.25, 0.3) is 0 Å². The van der Waals surface area contributed by atoms with E-state index in [1.165, 1.54) is 29.8 Å². The number of ether oxygens (including phenoxy) is 1. The summed E-state index contributed by atoms with van der Waals surface area (Å²) in [5.41, 5.74) is 6.04. The molecule has 0 unspecified atom stereocenters. The molecule has 0 saturated carbocycles. The first kappa shape index (κ1) is 13.9. The van der Waals surface area contributed by atoms with Crippen molar-refractivity contribution in [3.63, 3.8) is 0 Å². The Morgan fingerprint density at radius 3 is 3.20 bits per heavy atom. The van der Waals surface area contributed by atoms with E-state index in [4.69, 9.17) is 4.74 Å². The van der Waals surface area contributed by atoms with Crippen molar-refractivity contribution in [3.8, 4) is 0 Å². The Balaban J connectivity index is 1.69. The molecule has 0 fully saturated rings. The minimum atomic E-state index is 0.837. The molecule has 1 aromatic carbocycles. The van der Waals surface area contributed by atoms with Crippen molar-refractivity contribution in [1.82, 2.24) is 10.6 Å². The summed E-state index contributed by atoms with van der Waals surface area (Å²) in [4.78, 5) is 2.55. The Morgan fingerprint density at radius 1 is 1.35 bits per heavy atom. The third-order valence-corrected chi connectivity index (χ3v) is 4.30. The average molecular weight is 275 g/mol. The number of hydrogen-bond donors (Lipinski definition) is 2. The third-order valence-electron chi connectivity index (χ3n) is 4.30. The number of benzene rings is 1. The van der Waals surface area contributed by atoms with Crippen LogP contribution in [0.1, 0.15) is 23.1 Å². The van der Waals surface area contributed by atoms with E-state index in [9.17, 15) is 0 Å². The van der Waals surface area contributed by atoms with Crippen molar-refractivity contribution in [2.75, 3.05) is 44.8 Å². The van der Waals surface area contributed by atoms with Crippen LogP contribution in [0.5, 0.6) is 0 Å².